The Hall–Kier alpha value is -0.870. The summed E-state index contributed by atoms with van der Waals surface area (Å²) in [5.74, 6) is 0.792. The number of ether oxygens (including phenoxy) is 2. The number of nitrogens with zero attached hydrogens (tertiary/aromatic N) is 3. The van der Waals surface area contributed by atoms with Crippen LogP contribution in [0.1, 0.15) is 18.5 Å². The molecule has 1 aromatic rings. The minimum Gasteiger partial charge on any atom is -0.379 e. The SMILES string of the molecule is CN=C(NCCCOC1CCOC1)NCc1ccnn1C.I. The normalized spacial score (nSPS) is 18.1. The molecular formula is C14H26IN5O2. The first-order valence-electron chi connectivity index (χ1n) is 7.40. The summed E-state index contributed by atoms with van der Waals surface area (Å²) >= 11 is 0. The van der Waals surface area contributed by atoms with E-state index in [4.69, 9.17) is 9.47 Å². The summed E-state index contributed by atoms with van der Waals surface area (Å²) in [6.45, 7) is 3.85. The van der Waals surface area contributed by atoms with Gasteiger partial charge in [-0.2, -0.15) is 5.10 Å². The quantitative estimate of drug-likeness (QED) is 0.295. The molecule has 1 aromatic heterocycles. The van der Waals surface area contributed by atoms with Crippen LogP contribution in [0.25, 0.3) is 0 Å². The van der Waals surface area contributed by atoms with Crippen molar-refractivity contribution in [2.45, 2.75) is 25.5 Å². The van der Waals surface area contributed by atoms with Crippen LogP contribution in [0, 0.1) is 0 Å². The molecule has 7 nitrogen and oxygen atoms in total. The van der Waals surface area contributed by atoms with Gasteiger partial charge in [0.1, 0.15) is 0 Å². The Morgan fingerprint density at radius 1 is 1.55 bits per heavy atom. The summed E-state index contributed by atoms with van der Waals surface area (Å²) in [5, 5.41) is 10.7. The van der Waals surface area contributed by atoms with Gasteiger partial charge in [0, 0.05) is 40.1 Å². The highest BCUT2D eigenvalue weighted by molar-refractivity contribution is 14.0. The Morgan fingerprint density at radius 2 is 2.41 bits per heavy atom. The molecule has 0 radical (unpaired) electrons. The summed E-state index contributed by atoms with van der Waals surface area (Å²) in [5.41, 5.74) is 1.11. The molecule has 0 aromatic carbocycles. The van der Waals surface area contributed by atoms with Crippen LogP contribution in [-0.2, 0) is 23.1 Å². The molecule has 2 N–H and O–H groups in total. The first-order chi connectivity index (χ1) is 10.3. The van der Waals surface area contributed by atoms with Gasteiger partial charge in [-0.05, 0) is 18.9 Å². The maximum absolute atomic E-state index is 5.72. The molecule has 2 rings (SSSR count). The van der Waals surface area contributed by atoms with E-state index in [1.165, 1.54) is 0 Å². The van der Waals surface area contributed by atoms with E-state index < -0.39 is 0 Å². The van der Waals surface area contributed by atoms with Gasteiger partial charge in [-0.15, -0.1) is 24.0 Å². The van der Waals surface area contributed by atoms with E-state index >= 15 is 0 Å². The highest BCUT2D eigenvalue weighted by Crippen LogP contribution is 2.07. The molecule has 0 spiro atoms. The molecule has 1 aliphatic heterocycles. The number of hydrogen-bond acceptors (Lipinski definition) is 4. The minimum absolute atomic E-state index is 0. The molecule has 0 aliphatic carbocycles. The smallest absolute Gasteiger partial charge is 0.191 e. The van der Waals surface area contributed by atoms with Crippen LogP contribution in [0.2, 0.25) is 0 Å². The van der Waals surface area contributed by atoms with Gasteiger partial charge < -0.3 is 20.1 Å². The number of aromatic nitrogens is 2. The van der Waals surface area contributed by atoms with E-state index in [0.29, 0.717) is 6.54 Å². The zero-order chi connectivity index (χ0) is 14.9. The standard InChI is InChI=1S/C14H25N5O2.HI/c1-15-14(17-10-12-4-7-18-19(12)2)16-6-3-8-21-13-5-9-20-11-13;/h4,7,13H,3,5-6,8-11H2,1-2H3,(H2,15,16,17);1H. The van der Waals surface area contributed by atoms with Gasteiger partial charge in [0.15, 0.2) is 5.96 Å². The predicted molar refractivity (Wildman–Crippen MR) is 96.6 cm³/mol. The largest absolute Gasteiger partial charge is 0.379 e. The van der Waals surface area contributed by atoms with Crippen molar-refractivity contribution in [2.24, 2.45) is 12.0 Å². The minimum atomic E-state index is 0. The second kappa shape index (κ2) is 10.8. The molecule has 0 saturated carbocycles. The van der Waals surface area contributed by atoms with Crippen molar-refractivity contribution in [3.05, 3.63) is 18.0 Å². The summed E-state index contributed by atoms with van der Waals surface area (Å²) in [7, 11) is 3.70. The highest BCUT2D eigenvalue weighted by Gasteiger charge is 2.15. The summed E-state index contributed by atoms with van der Waals surface area (Å²) in [6.07, 6.45) is 4.04. The van der Waals surface area contributed by atoms with Crippen molar-refractivity contribution >= 4 is 29.9 Å². The van der Waals surface area contributed by atoms with E-state index in [1.54, 1.807) is 13.2 Å². The van der Waals surface area contributed by atoms with Gasteiger partial charge in [0.2, 0.25) is 0 Å². The number of hydrogen-bond donors (Lipinski definition) is 2. The molecule has 1 fully saturated rings. The zero-order valence-corrected chi connectivity index (χ0v) is 15.6. The predicted octanol–water partition coefficient (Wildman–Crippen LogP) is 0.899. The molecule has 0 amide bonds. The fourth-order valence-electron chi connectivity index (χ4n) is 2.14. The number of aryl methyl sites for hydroxylation is 1. The third kappa shape index (κ3) is 6.49. The van der Waals surface area contributed by atoms with Gasteiger partial charge >= 0.3 is 0 Å². The fraction of sp³-hybridized carbons (Fsp3) is 0.714. The van der Waals surface area contributed by atoms with Crippen molar-refractivity contribution < 1.29 is 9.47 Å². The van der Waals surface area contributed by atoms with Crippen LogP contribution in [-0.4, -0.2) is 55.3 Å². The van der Waals surface area contributed by atoms with E-state index in [0.717, 1.165) is 50.9 Å². The second-order valence-electron chi connectivity index (χ2n) is 5.01. The van der Waals surface area contributed by atoms with Crippen LogP contribution in [0.5, 0.6) is 0 Å². The Morgan fingerprint density at radius 3 is 3.05 bits per heavy atom. The number of rotatable bonds is 7. The number of nitrogens with one attached hydrogen (secondary N) is 2. The second-order valence-corrected chi connectivity index (χ2v) is 5.01. The van der Waals surface area contributed by atoms with Crippen LogP contribution >= 0.6 is 24.0 Å². The molecule has 1 atom stereocenters. The maximum Gasteiger partial charge on any atom is 0.191 e. The van der Waals surface area contributed by atoms with E-state index in [9.17, 15) is 0 Å². The highest BCUT2D eigenvalue weighted by atomic mass is 127. The lowest BCUT2D eigenvalue weighted by molar-refractivity contribution is 0.0420. The third-order valence-corrected chi connectivity index (χ3v) is 3.44. The van der Waals surface area contributed by atoms with Gasteiger partial charge in [-0.1, -0.05) is 0 Å². The van der Waals surface area contributed by atoms with Crippen molar-refractivity contribution in [3.63, 3.8) is 0 Å². The monoisotopic (exact) mass is 423 g/mol. The molecule has 22 heavy (non-hydrogen) atoms. The topological polar surface area (TPSA) is 72.7 Å². The average molecular weight is 423 g/mol. The van der Waals surface area contributed by atoms with E-state index in [2.05, 4.69) is 20.7 Å². The van der Waals surface area contributed by atoms with Gasteiger partial charge in [-0.25, -0.2) is 0 Å². The van der Waals surface area contributed by atoms with Gasteiger partial charge in [0.25, 0.3) is 0 Å². The van der Waals surface area contributed by atoms with Crippen LogP contribution in [0.4, 0.5) is 0 Å². The van der Waals surface area contributed by atoms with Gasteiger partial charge in [-0.3, -0.25) is 9.67 Å². The Labute approximate surface area is 148 Å². The Kier molecular flexibility index (Phi) is 9.41. The lowest BCUT2D eigenvalue weighted by Gasteiger charge is -2.13. The van der Waals surface area contributed by atoms with E-state index in [-0.39, 0.29) is 30.1 Å². The molecule has 8 heteroatoms. The van der Waals surface area contributed by atoms with Crippen LogP contribution in [0.15, 0.2) is 17.3 Å². The molecule has 1 saturated heterocycles. The van der Waals surface area contributed by atoms with Crippen molar-refractivity contribution in [1.82, 2.24) is 20.4 Å². The third-order valence-electron chi connectivity index (χ3n) is 3.44. The fourth-order valence-corrected chi connectivity index (χ4v) is 2.14. The van der Waals surface area contributed by atoms with Gasteiger partial charge in [0.05, 0.1) is 24.9 Å². The summed E-state index contributed by atoms with van der Waals surface area (Å²) in [6, 6.07) is 1.98. The lowest BCUT2D eigenvalue weighted by atomic mass is 10.3. The molecule has 1 unspecified atom stereocenters. The molecule has 2 heterocycles. The molecule has 1 aliphatic rings. The number of halogens is 1. The summed E-state index contributed by atoms with van der Waals surface area (Å²) in [4.78, 5) is 4.20. The van der Waals surface area contributed by atoms with Crippen LogP contribution < -0.4 is 10.6 Å². The van der Waals surface area contributed by atoms with Crippen molar-refractivity contribution in [2.75, 3.05) is 33.4 Å². The molecule has 126 valence electrons. The summed E-state index contributed by atoms with van der Waals surface area (Å²) < 4.78 is 12.8. The van der Waals surface area contributed by atoms with Crippen molar-refractivity contribution in [1.29, 1.82) is 0 Å². The first-order valence-corrected chi connectivity index (χ1v) is 7.40. The van der Waals surface area contributed by atoms with E-state index in [1.807, 2.05) is 17.8 Å². The zero-order valence-electron chi connectivity index (χ0n) is 13.2. The lowest BCUT2D eigenvalue weighted by Crippen LogP contribution is -2.38. The molecule has 0 bridgehead atoms. The molecular weight excluding hydrogens is 397 g/mol. The first kappa shape index (κ1) is 19.2. The Bertz CT molecular complexity index is 446. The Balaban J connectivity index is 0.00000242. The number of aliphatic imine (C=N–C) groups is 1. The average Bonchev–Trinajstić information content (AvgIpc) is 3.14. The maximum atomic E-state index is 5.72. The van der Waals surface area contributed by atoms with Crippen LogP contribution in [0.3, 0.4) is 0 Å². The van der Waals surface area contributed by atoms with Crippen molar-refractivity contribution in [3.8, 4) is 0 Å². The number of guanidine groups is 1.